The predicted molar refractivity (Wildman–Crippen MR) is 177 cm³/mol. The minimum absolute atomic E-state index is 0.0447. The van der Waals surface area contributed by atoms with Crippen LogP contribution in [-0.4, -0.2) is 52.8 Å². The van der Waals surface area contributed by atoms with E-state index in [1.807, 2.05) is 4.90 Å². The second-order valence-corrected chi connectivity index (χ2v) is 18.6. The van der Waals surface area contributed by atoms with Crippen molar-refractivity contribution in [2.24, 2.45) is 56.2 Å². The van der Waals surface area contributed by atoms with Crippen LogP contribution >= 0.6 is 0 Å². The summed E-state index contributed by atoms with van der Waals surface area (Å²) >= 11 is 0. The van der Waals surface area contributed by atoms with Crippen molar-refractivity contribution in [3.63, 3.8) is 0 Å². The minimum Gasteiger partial charge on any atom is -0.481 e. The Morgan fingerprint density at radius 3 is 2.22 bits per heavy atom. The van der Waals surface area contributed by atoms with Gasteiger partial charge in [0.1, 0.15) is 11.9 Å². The largest absolute Gasteiger partial charge is 0.481 e. The van der Waals surface area contributed by atoms with E-state index in [0.717, 1.165) is 70.9 Å². The second kappa shape index (κ2) is 10.7. The van der Waals surface area contributed by atoms with Gasteiger partial charge in [-0.05, 0) is 111 Å². The van der Waals surface area contributed by atoms with Crippen molar-refractivity contribution < 1.29 is 29.0 Å². The molecule has 0 spiro atoms. The molecule has 46 heavy (non-hydrogen) atoms. The Kier molecular flexibility index (Phi) is 7.81. The normalized spacial score (nSPS) is 41.6. The van der Waals surface area contributed by atoms with Crippen molar-refractivity contribution in [3.05, 3.63) is 11.1 Å². The fourth-order valence-electron chi connectivity index (χ4n) is 12.4. The first-order valence-electron chi connectivity index (χ1n) is 18.3. The molecule has 0 aromatic carbocycles. The summed E-state index contributed by atoms with van der Waals surface area (Å²) in [6.07, 6.45) is 8.75. The van der Waals surface area contributed by atoms with E-state index in [1.165, 1.54) is 11.1 Å². The molecule has 5 aliphatic carbocycles. The lowest BCUT2D eigenvalue weighted by atomic mass is 9.34. The van der Waals surface area contributed by atoms with E-state index >= 15 is 0 Å². The van der Waals surface area contributed by atoms with Crippen molar-refractivity contribution in [2.75, 3.05) is 13.1 Å². The molecule has 6 aliphatic rings. The van der Waals surface area contributed by atoms with Gasteiger partial charge < -0.3 is 14.7 Å². The quantitative estimate of drug-likeness (QED) is 0.238. The molecule has 8 atom stereocenters. The molecular weight excluding hydrogens is 578 g/mol. The zero-order valence-electron chi connectivity index (χ0n) is 30.0. The summed E-state index contributed by atoms with van der Waals surface area (Å²) < 4.78 is 6.13. The third kappa shape index (κ3) is 4.47. The van der Waals surface area contributed by atoms with Crippen LogP contribution in [0.25, 0.3) is 0 Å². The van der Waals surface area contributed by atoms with Crippen molar-refractivity contribution in [1.82, 2.24) is 4.90 Å². The lowest BCUT2D eigenvalue weighted by molar-refractivity contribution is -0.214. The molecule has 0 bridgehead atoms. The number of Topliss-reactive ketones (excluding diaryl/α,β-unsaturated/α-hetero) is 1. The lowest BCUT2D eigenvalue weighted by Crippen LogP contribution is -2.64. The maximum Gasteiger partial charge on any atom is 0.309 e. The zero-order valence-corrected chi connectivity index (χ0v) is 30.0. The molecule has 4 saturated carbocycles. The highest BCUT2D eigenvalue weighted by molar-refractivity contribution is 6.00. The summed E-state index contributed by atoms with van der Waals surface area (Å²) in [4.78, 5) is 54.8. The number of hydrogen-bond acceptors (Lipinski definition) is 5. The molecule has 0 aromatic rings. The van der Waals surface area contributed by atoms with Crippen LogP contribution in [0.4, 0.5) is 0 Å². The first-order chi connectivity index (χ1) is 21.3. The number of ketones is 1. The number of carboxylic acid groups (broad SMARTS) is 1. The molecule has 7 nitrogen and oxygen atoms in total. The third-order valence-corrected chi connectivity index (χ3v) is 15.3. The first-order valence-corrected chi connectivity index (χ1v) is 18.3. The van der Waals surface area contributed by atoms with Gasteiger partial charge in [-0.25, -0.2) is 0 Å². The number of amides is 1. The van der Waals surface area contributed by atoms with E-state index in [9.17, 15) is 24.3 Å². The number of rotatable bonds is 6. The average Bonchev–Trinajstić information content (AvgIpc) is 3.22. The summed E-state index contributed by atoms with van der Waals surface area (Å²) in [6, 6.07) is 0. The number of carbonyl (C=O) groups excluding carboxylic acids is 3. The Labute approximate surface area is 276 Å². The van der Waals surface area contributed by atoms with Crippen LogP contribution in [0.2, 0.25) is 0 Å². The van der Waals surface area contributed by atoms with Gasteiger partial charge in [0.2, 0.25) is 5.91 Å². The number of nitrogens with zero attached hydrogens (tertiary/aromatic N) is 1. The van der Waals surface area contributed by atoms with Crippen LogP contribution in [-0.2, 0) is 23.9 Å². The van der Waals surface area contributed by atoms with Crippen LogP contribution < -0.4 is 0 Å². The summed E-state index contributed by atoms with van der Waals surface area (Å²) in [5, 5.41) is 9.56. The topological polar surface area (TPSA) is 101 Å². The Balaban J connectivity index is 1.33. The summed E-state index contributed by atoms with van der Waals surface area (Å²) in [5.74, 6) is -0.00275. The molecule has 1 unspecified atom stereocenters. The molecule has 5 fully saturated rings. The molecule has 6 rings (SSSR count). The van der Waals surface area contributed by atoms with Gasteiger partial charge in [0.15, 0.2) is 0 Å². The van der Waals surface area contributed by atoms with E-state index in [2.05, 4.69) is 48.5 Å². The number of carboxylic acids is 1. The van der Waals surface area contributed by atoms with Crippen LogP contribution in [0.1, 0.15) is 133 Å². The van der Waals surface area contributed by atoms with Crippen LogP contribution in [0, 0.1) is 56.2 Å². The maximum absolute atomic E-state index is 14.2. The number of carbonyl (C=O) groups is 4. The van der Waals surface area contributed by atoms with E-state index in [1.54, 1.807) is 13.8 Å². The number of ether oxygens (including phenoxy) is 1. The summed E-state index contributed by atoms with van der Waals surface area (Å²) in [5.41, 5.74) is 0.731. The molecule has 1 aliphatic heterocycles. The van der Waals surface area contributed by atoms with Crippen LogP contribution in [0.5, 0.6) is 0 Å². The van der Waals surface area contributed by atoms with Gasteiger partial charge in [0.05, 0.1) is 17.3 Å². The average molecular weight is 638 g/mol. The highest BCUT2D eigenvalue weighted by Crippen LogP contribution is 2.76. The highest BCUT2D eigenvalue weighted by atomic mass is 16.5. The molecule has 1 heterocycles. The predicted octanol–water partition coefficient (Wildman–Crippen LogP) is 7.61. The zero-order chi connectivity index (χ0) is 33.8. The third-order valence-electron chi connectivity index (χ3n) is 15.3. The fraction of sp³-hybridized carbons (Fsp3) is 0.846. The molecule has 1 amide bonds. The maximum atomic E-state index is 14.2. The second-order valence-electron chi connectivity index (χ2n) is 18.6. The lowest BCUT2D eigenvalue weighted by Gasteiger charge is -2.70. The van der Waals surface area contributed by atoms with Crippen molar-refractivity contribution >= 4 is 23.6 Å². The van der Waals surface area contributed by atoms with Gasteiger partial charge in [0.25, 0.3) is 0 Å². The van der Waals surface area contributed by atoms with E-state index in [4.69, 9.17) is 4.74 Å². The SMILES string of the molecule is CC(C)C1C(=O)C[C@]2(C(=O)N3CCC3)CC[C@]3(C)C(=C12)CC[C@@H]1[C@@]2(C)CC[C@H](OC(=O)CC(C)(C)C(=O)O)C(C)(C)[C@@H]2CC[C@]13C. The van der Waals surface area contributed by atoms with E-state index in [-0.39, 0.29) is 57.7 Å². The molecular formula is C39H59NO6. The number of aliphatic carboxylic acids is 1. The Hall–Kier alpha value is -2.18. The smallest absolute Gasteiger partial charge is 0.309 e. The number of hydrogen-bond donors (Lipinski definition) is 1. The van der Waals surface area contributed by atoms with Crippen LogP contribution in [0.15, 0.2) is 11.1 Å². The van der Waals surface area contributed by atoms with Gasteiger partial charge >= 0.3 is 11.9 Å². The number of esters is 1. The Morgan fingerprint density at radius 2 is 1.63 bits per heavy atom. The number of allylic oxidation sites excluding steroid dienone is 1. The van der Waals surface area contributed by atoms with Gasteiger partial charge in [0, 0.05) is 30.8 Å². The van der Waals surface area contributed by atoms with E-state index in [0.29, 0.717) is 18.3 Å². The summed E-state index contributed by atoms with van der Waals surface area (Å²) in [6.45, 7) is 21.2. The van der Waals surface area contributed by atoms with Crippen molar-refractivity contribution in [2.45, 2.75) is 139 Å². The number of fused-ring (bicyclic) bond motifs is 6. The van der Waals surface area contributed by atoms with Crippen molar-refractivity contribution in [1.29, 1.82) is 0 Å². The monoisotopic (exact) mass is 637 g/mol. The van der Waals surface area contributed by atoms with Crippen molar-refractivity contribution in [3.8, 4) is 0 Å². The summed E-state index contributed by atoms with van der Waals surface area (Å²) in [7, 11) is 0. The molecule has 1 N–H and O–H groups in total. The molecule has 0 aromatic heterocycles. The Morgan fingerprint density at radius 1 is 0.957 bits per heavy atom. The minimum atomic E-state index is -1.16. The molecule has 0 radical (unpaired) electrons. The molecule has 7 heteroatoms. The van der Waals surface area contributed by atoms with Gasteiger partial charge in [-0.15, -0.1) is 0 Å². The molecule has 256 valence electrons. The molecule has 1 saturated heterocycles. The first kappa shape index (κ1) is 33.7. The van der Waals surface area contributed by atoms with Gasteiger partial charge in [-0.1, -0.05) is 54.0 Å². The highest BCUT2D eigenvalue weighted by Gasteiger charge is 2.70. The Bertz CT molecular complexity index is 1370. The number of likely N-dealkylation sites (tertiary alicyclic amines) is 1. The fourth-order valence-corrected chi connectivity index (χ4v) is 12.4. The van der Waals surface area contributed by atoms with E-state index < -0.39 is 22.8 Å². The van der Waals surface area contributed by atoms with Crippen LogP contribution in [0.3, 0.4) is 0 Å². The van der Waals surface area contributed by atoms with Gasteiger partial charge in [-0.3, -0.25) is 19.2 Å². The standard InChI is InChI=1S/C39H59NO6/c1-23(2)30-25(41)21-39(32(43)40-19-10-20-40)18-17-37(8)24(31(30)39)11-12-27-36(7)15-14-28(46-29(42)22-34(3,4)33(44)45)35(5,6)26(36)13-16-38(27,37)9/h23,26-28,30H,10-22H2,1-9H3,(H,44,45)/t26-,27+,28-,30?,36-,37+,38+,39+/m0/s1. The van der Waals surface area contributed by atoms with Gasteiger partial charge in [-0.2, -0.15) is 0 Å².